The van der Waals surface area contributed by atoms with Crippen molar-refractivity contribution in [2.75, 3.05) is 19.7 Å². The van der Waals surface area contributed by atoms with Gasteiger partial charge in [-0.15, -0.1) is 0 Å². The molecule has 0 radical (unpaired) electrons. The Kier molecular flexibility index (Phi) is 3.35. The number of hydrogen-bond donors (Lipinski definition) is 1. The van der Waals surface area contributed by atoms with E-state index in [1.807, 2.05) is 0 Å². The number of halogens is 1. The number of ether oxygens (including phenoxy) is 1. The second kappa shape index (κ2) is 4.94. The minimum absolute atomic E-state index is 0.304. The first-order valence-corrected chi connectivity index (χ1v) is 5.12. The number of rotatable bonds is 3. The fraction of sp³-hybridized carbons (Fsp3) is 0.333. The average Bonchev–Trinajstić information content (AvgIpc) is 2.29. The van der Waals surface area contributed by atoms with Crippen LogP contribution in [0.4, 0.5) is 4.39 Å². The Morgan fingerprint density at radius 3 is 2.93 bits per heavy atom. The molecule has 2 nitrogen and oxygen atoms in total. The summed E-state index contributed by atoms with van der Waals surface area (Å²) < 4.78 is 18.6. The Morgan fingerprint density at radius 1 is 1.33 bits per heavy atom. The Morgan fingerprint density at radius 2 is 2.20 bits per heavy atom. The summed E-state index contributed by atoms with van der Waals surface area (Å²) in [6.45, 7) is 2.32. The van der Waals surface area contributed by atoms with Crippen molar-refractivity contribution in [2.45, 2.75) is 6.42 Å². The first-order valence-electron chi connectivity index (χ1n) is 5.12. The second-order valence-corrected chi connectivity index (χ2v) is 3.55. The van der Waals surface area contributed by atoms with Crippen LogP contribution in [0, 0.1) is 5.82 Å². The van der Waals surface area contributed by atoms with E-state index in [1.165, 1.54) is 11.6 Å². The third-order valence-electron chi connectivity index (χ3n) is 2.36. The highest BCUT2D eigenvalue weighted by Gasteiger charge is 2.05. The van der Waals surface area contributed by atoms with Gasteiger partial charge >= 0.3 is 0 Å². The fourth-order valence-corrected chi connectivity index (χ4v) is 1.54. The van der Waals surface area contributed by atoms with Gasteiger partial charge in [0.15, 0.2) is 11.6 Å². The lowest BCUT2D eigenvalue weighted by molar-refractivity contribution is 0.326. The van der Waals surface area contributed by atoms with Crippen LogP contribution in [0.1, 0.15) is 6.42 Å². The van der Waals surface area contributed by atoms with Crippen LogP contribution in [-0.2, 0) is 0 Å². The van der Waals surface area contributed by atoms with E-state index in [1.54, 1.807) is 18.2 Å². The SMILES string of the molecule is Fc1ccccc1OCC1=CCCNC1. The number of hydrogen-bond acceptors (Lipinski definition) is 2. The van der Waals surface area contributed by atoms with Crippen LogP contribution >= 0.6 is 0 Å². The van der Waals surface area contributed by atoms with Crippen molar-refractivity contribution in [1.82, 2.24) is 5.32 Å². The highest BCUT2D eigenvalue weighted by atomic mass is 19.1. The zero-order valence-electron chi connectivity index (χ0n) is 8.50. The zero-order chi connectivity index (χ0) is 10.5. The fourth-order valence-electron chi connectivity index (χ4n) is 1.54. The largest absolute Gasteiger partial charge is 0.486 e. The molecule has 3 heteroatoms. The highest BCUT2D eigenvalue weighted by molar-refractivity contribution is 5.24. The van der Waals surface area contributed by atoms with E-state index in [0.717, 1.165) is 19.5 Å². The molecule has 1 aromatic carbocycles. The molecule has 0 atom stereocenters. The predicted molar refractivity (Wildman–Crippen MR) is 57.5 cm³/mol. The maximum atomic E-state index is 13.2. The first-order chi connectivity index (χ1) is 7.36. The smallest absolute Gasteiger partial charge is 0.165 e. The Bertz CT molecular complexity index is 362. The van der Waals surface area contributed by atoms with Crippen molar-refractivity contribution in [3.05, 3.63) is 41.7 Å². The van der Waals surface area contributed by atoms with Gasteiger partial charge in [-0.2, -0.15) is 0 Å². The summed E-state index contributed by atoms with van der Waals surface area (Å²) in [6, 6.07) is 6.48. The molecule has 0 spiro atoms. The second-order valence-electron chi connectivity index (χ2n) is 3.55. The minimum Gasteiger partial charge on any atom is -0.486 e. The summed E-state index contributed by atoms with van der Waals surface area (Å²) in [7, 11) is 0. The monoisotopic (exact) mass is 207 g/mol. The molecule has 1 aliphatic heterocycles. The molecule has 1 N–H and O–H groups in total. The third kappa shape index (κ3) is 2.80. The van der Waals surface area contributed by atoms with Crippen molar-refractivity contribution in [3.63, 3.8) is 0 Å². The van der Waals surface area contributed by atoms with Crippen LogP contribution in [0.2, 0.25) is 0 Å². The Labute approximate surface area is 88.8 Å². The lowest BCUT2D eigenvalue weighted by Crippen LogP contribution is -2.24. The Balaban J connectivity index is 1.93. The summed E-state index contributed by atoms with van der Waals surface area (Å²) in [5.74, 6) is 0.0193. The third-order valence-corrected chi connectivity index (χ3v) is 2.36. The summed E-state index contributed by atoms with van der Waals surface area (Å²) >= 11 is 0. The molecular weight excluding hydrogens is 193 g/mol. The zero-order valence-corrected chi connectivity index (χ0v) is 8.50. The number of nitrogens with one attached hydrogen (secondary N) is 1. The molecule has 0 unspecified atom stereocenters. The van der Waals surface area contributed by atoms with Crippen molar-refractivity contribution in [2.24, 2.45) is 0 Å². The minimum atomic E-state index is -0.304. The Hall–Kier alpha value is -1.35. The lowest BCUT2D eigenvalue weighted by atomic mass is 10.2. The quantitative estimate of drug-likeness (QED) is 0.766. The van der Waals surface area contributed by atoms with Gasteiger partial charge in [-0.1, -0.05) is 18.2 Å². The summed E-state index contributed by atoms with van der Waals surface area (Å²) in [4.78, 5) is 0. The number of para-hydroxylation sites is 1. The predicted octanol–water partition coefficient (Wildman–Crippen LogP) is 2.12. The van der Waals surface area contributed by atoms with Crippen molar-refractivity contribution in [1.29, 1.82) is 0 Å². The van der Waals surface area contributed by atoms with Crippen LogP contribution in [0.3, 0.4) is 0 Å². The molecule has 1 aromatic rings. The maximum Gasteiger partial charge on any atom is 0.165 e. The van der Waals surface area contributed by atoms with E-state index in [0.29, 0.717) is 12.4 Å². The lowest BCUT2D eigenvalue weighted by Gasteiger charge is -2.15. The van der Waals surface area contributed by atoms with Gasteiger partial charge in [0.25, 0.3) is 0 Å². The molecule has 15 heavy (non-hydrogen) atoms. The average molecular weight is 207 g/mol. The molecule has 80 valence electrons. The van der Waals surface area contributed by atoms with Crippen molar-refractivity contribution < 1.29 is 9.13 Å². The maximum absolute atomic E-state index is 13.2. The summed E-state index contributed by atoms with van der Waals surface area (Å²) in [6.07, 6.45) is 3.17. The molecule has 1 heterocycles. The van der Waals surface area contributed by atoms with Crippen molar-refractivity contribution in [3.8, 4) is 5.75 Å². The van der Waals surface area contributed by atoms with Gasteiger partial charge < -0.3 is 10.1 Å². The highest BCUT2D eigenvalue weighted by Crippen LogP contribution is 2.16. The van der Waals surface area contributed by atoms with Crippen molar-refractivity contribution >= 4 is 0 Å². The molecule has 0 aliphatic carbocycles. The van der Waals surface area contributed by atoms with E-state index in [2.05, 4.69) is 11.4 Å². The van der Waals surface area contributed by atoms with E-state index in [9.17, 15) is 4.39 Å². The molecule has 1 aliphatic rings. The van der Waals surface area contributed by atoms with Crippen LogP contribution < -0.4 is 10.1 Å². The van der Waals surface area contributed by atoms with Gasteiger partial charge in [0, 0.05) is 6.54 Å². The van der Waals surface area contributed by atoms with E-state index >= 15 is 0 Å². The first kappa shape index (κ1) is 10.2. The topological polar surface area (TPSA) is 21.3 Å². The molecule has 2 rings (SSSR count). The summed E-state index contributed by atoms with van der Waals surface area (Å²) in [5, 5.41) is 3.24. The van der Waals surface area contributed by atoms with Gasteiger partial charge in [0.2, 0.25) is 0 Å². The van der Waals surface area contributed by atoms with E-state index < -0.39 is 0 Å². The van der Waals surface area contributed by atoms with Gasteiger partial charge in [0.1, 0.15) is 6.61 Å². The summed E-state index contributed by atoms with van der Waals surface area (Å²) in [5.41, 5.74) is 1.18. The van der Waals surface area contributed by atoms with Gasteiger partial charge in [-0.25, -0.2) is 4.39 Å². The van der Waals surface area contributed by atoms with Crippen LogP contribution in [0.15, 0.2) is 35.9 Å². The molecule has 0 aromatic heterocycles. The van der Waals surface area contributed by atoms with Gasteiger partial charge in [0.05, 0.1) is 0 Å². The molecular formula is C12H14FNO. The molecule has 0 fully saturated rings. The molecule has 0 saturated heterocycles. The standard InChI is InChI=1S/C12H14FNO/c13-11-5-1-2-6-12(11)15-9-10-4-3-7-14-8-10/h1-2,4-6,14H,3,7-9H2. The molecule has 0 bridgehead atoms. The molecule has 0 amide bonds. The number of benzene rings is 1. The van der Waals surface area contributed by atoms with Crippen LogP contribution in [0.25, 0.3) is 0 Å². The van der Waals surface area contributed by atoms with Gasteiger partial charge in [-0.3, -0.25) is 0 Å². The van der Waals surface area contributed by atoms with Gasteiger partial charge in [-0.05, 0) is 30.7 Å². The normalized spacial score (nSPS) is 15.9. The van der Waals surface area contributed by atoms with E-state index in [4.69, 9.17) is 4.74 Å². The van der Waals surface area contributed by atoms with Crippen LogP contribution in [-0.4, -0.2) is 19.7 Å². The van der Waals surface area contributed by atoms with Crippen LogP contribution in [0.5, 0.6) is 5.75 Å². The van der Waals surface area contributed by atoms with E-state index in [-0.39, 0.29) is 5.82 Å². The molecule has 0 saturated carbocycles.